The Kier molecular flexibility index (Phi) is 6.32. The summed E-state index contributed by atoms with van der Waals surface area (Å²) in [6.07, 6.45) is 2.49. The average molecular weight is 479 g/mol. The van der Waals surface area contributed by atoms with Gasteiger partial charge in [0.25, 0.3) is 5.56 Å². The van der Waals surface area contributed by atoms with E-state index in [0.29, 0.717) is 47.8 Å². The number of carbonyl (C=O) groups is 1. The van der Waals surface area contributed by atoms with Crippen molar-refractivity contribution in [3.05, 3.63) is 56.7 Å². The molecule has 0 spiro atoms. The van der Waals surface area contributed by atoms with Crippen LogP contribution in [0.1, 0.15) is 36.0 Å². The molecular weight excluding hydrogens is 452 g/mol. The van der Waals surface area contributed by atoms with Crippen molar-refractivity contribution in [1.29, 1.82) is 5.26 Å². The summed E-state index contributed by atoms with van der Waals surface area (Å²) in [6.45, 7) is 2.48. The molecule has 9 nitrogen and oxygen atoms in total. The van der Waals surface area contributed by atoms with Gasteiger partial charge in [0.15, 0.2) is 0 Å². The van der Waals surface area contributed by atoms with Crippen molar-refractivity contribution < 1.29 is 9.53 Å². The first kappa shape index (κ1) is 22.5. The van der Waals surface area contributed by atoms with Crippen LogP contribution in [0.5, 0.6) is 0 Å². The molecule has 4 heterocycles. The van der Waals surface area contributed by atoms with Crippen molar-refractivity contribution in [2.24, 2.45) is 5.73 Å². The van der Waals surface area contributed by atoms with E-state index in [1.807, 2.05) is 23.6 Å². The van der Waals surface area contributed by atoms with Gasteiger partial charge in [-0.05, 0) is 29.9 Å². The molecule has 2 atom stereocenters. The fraction of sp³-hybridized carbons (Fsp3) is 0.417. The van der Waals surface area contributed by atoms with Gasteiger partial charge in [-0.2, -0.15) is 5.26 Å². The molecule has 3 aromatic rings. The quantitative estimate of drug-likeness (QED) is 0.513. The zero-order valence-corrected chi connectivity index (χ0v) is 19.5. The molecule has 2 aliphatic rings. The molecule has 1 aromatic carbocycles. The number of rotatable bonds is 6. The Morgan fingerprint density at radius 3 is 2.88 bits per heavy atom. The first-order chi connectivity index (χ1) is 16.5. The Balaban J connectivity index is 1.56. The molecule has 5 rings (SSSR count). The summed E-state index contributed by atoms with van der Waals surface area (Å²) < 4.78 is 7.26. The number of benzene rings is 1. The monoisotopic (exact) mass is 478 g/mol. The highest BCUT2D eigenvalue weighted by atomic mass is 32.1. The molecule has 34 heavy (non-hydrogen) atoms. The maximum atomic E-state index is 13.7. The summed E-state index contributed by atoms with van der Waals surface area (Å²) in [5, 5.41) is 14.7. The number of aromatic nitrogens is 2. The predicted molar refractivity (Wildman–Crippen MR) is 130 cm³/mol. The molecule has 2 aromatic heterocycles. The maximum Gasteiger partial charge on any atom is 0.323 e. The second-order valence-corrected chi connectivity index (χ2v) is 9.63. The number of anilines is 1. The third kappa shape index (κ3) is 4.30. The van der Waals surface area contributed by atoms with Gasteiger partial charge in [0, 0.05) is 37.7 Å². The Morgan fingerprint density at radius 1 is 1.26 bits per heavy atom. The summed E-state index contributed by atoms with van der Waals surface area (Å²) in [6, 6.07) is 9.20. The number of fused-ring (bicyclic) bond motifs is 1. The van der Waals surface area contributed by atoms with Gasteiger partial charge < -0.3 is 20.7 Å². The molecule has 0 aliphatic carbocycles. The minimum absolute atomic E-state index is 0.0122. The van der Waals surface area contributed by atoms with E-state index >= 15 is 0 Å². The van der Waals surface area contributed by atoms with Gasteiger partial charge in [-0.15, -0.1) is 11.3 Å². The number of piperidine rings is 1. The number of cyclic esters (lactones) is 1. The highest BCUT2D eigenvalue weighted by Gasteiger charge is 2.27. The summed E-state index contributed by atoms with van der Waals surface area (Å²) in [4.78, 5) is 32.6. The SMILES string of the molecule is N#Cc1ccccc1Cn1c(N2CCCC(N)C2)nc2c(CNC3CCOC3=O)csc2c1=O. The smallest absolute Gasteiger partial charge is 0.323 e. The first-order valence-corrected chi connectivity index (χ1v) is 12.3. The summed E-state index contributed by atoms with van der Waals surface area (Å²) in [5.41, 5.74) is 8.95. The minimum Gasteiger partial charge on any atom is -0.464 e. The lowest BCUT2D eigenvalue weighted by Gasteiger charge is -2.33. The van der Waals surface area contributed by atoms with Crippen LogP contribution in [0.2, 0.25) is 0 Å². The number of hydrogen-bond donors (Lipinski definition) is 2. The van der Waals surface area contributed by atoms with E-state index < -0.39 is 0 Å². The molecule has 2 aliphatic heterocycles. The number of hydrogen-bond acceptors (Lipinski definition) is 9. The van der Waals surface area contributed by atoms with Crippen molar-refractivity contribution in [2.45, 2.75) is 44.4 Å². The predicted octanol–water partition coefficient (Wildman–Crippen LogP) is 1.71. The molecule has 2 fully saturated rings. The van der Waals surface area contributed by atoms with Crippen LogP contribution in [-0.4, -0.2) is 47.3 Å². The highest BCUT2D eigenvalue weighted by Crippen LogP contribution is 2.27. The molecule has 0 bridgehead atoms. The number of nitrogens with two attached hydrogens (primary N) is 1. The van der Waals surface area contributed by atoms with E-state index in [4.69, 9.17) is 15.5 Å². The van der Waals surface area contributed by atoms with E-state index in [9.17, 15) is 14.9 Å². The number of nitrogens with one attached hydrogen (secondary N) is 1. The molecular formula is C24H26N6O3S. The van der Waals surface area contributed by atoms with Gasteiger partial charge in [0.2, 0.25) is 5.95 Å². The van der Waals surface area contributed by atoms with Gasteiger partial charge in [0.1, 0.15) is 10.7 Å². The molecule has 0 saturated carbocycles. The van der Waals surface area contributed by atoms with E-state index in [2.05, 4.69) is 16.3 Å². The highest BCUT2D eigenvalue weighted by molar-refractivity contribution is 7.17. The fourth-order valence-electron chi connectivity index (χ4n) is 4.59. The zero-order chi connectivity index (χ0) is 23.7. The molecule has 0 amide bonds. The van der Waals surface area contributed by atoms with Crippen LogP contribution in [0.25, 0.3) is 10.2 Å². The van der Waals surface area contributed by atoms with Crippen LogP contribution in [0.4, 0.5) is 5.95 Å². The van der Waals surface area contributed by atoms with Gasteiger partial charge in [-0.1, -0.05) is 18.2 Å². The van der Waals surface area contributed by atoms with E-state index in [-0.39, 0.29) is 30.2 Å². The van der Waals surface area contributed by atoms with Crippen molar-refractivity contribution in [1.82, 2.24) is 14.9 Å². The number of esters is 1. The molecule has 176 valence electrons. The molecule has 0 radical (unpaired) electrons. The average Bonchev–Trinajstić information content (AvgIpc) is 3.45. The molecule has 2 saturated heterocycles. The fourth-order valence-corrected chi connectivity index (χ4v) is 5.54. The standard InChI is InChI=1S/C24H26N6O3S/c25-10-15-4-1-2-5-16(15)12-30-22(31)21-20(28-24(30)29-8-3-6-18(26)13-29)17(14-34-21)11-27-19-7-9-33-23(19)32/h1-2,4-5,14,18-19,27H,3,6-9,11-13,26H2. The topological polar surface area (TPSA) is 126 Å². The second-order valence-electron chi connectivity index (χ2n) is 8.75. The van der Waals surface area contributed by atoms with Crippen LogP contribution in [-0.2, 0) is 22.6 Å². The second kappa shape index (κ2) is 9.54. The van der Waals surface area contributed by atoms with E-state index in [1.54, 1.807) is 10.6 Å². The first-order valence-electron chi connectivity index (χ1n) is 11.4. The molecule has 2 unspecified atom stereocenters. The lowest BCUT2D eigenvalue weighted by Crippen LogP contribution is -2.45. The number of carbonyl (C=O) groups excluding carboxylic acids is 1. The third-order valence-corrected chi connectivity index (χ3v) is 7.42. The lowest BCUT2D eigenvalue weighted by molar-refractivity contribution is -0.139. The van der Waals surface area contributed by atoms with Crippen molar-refractivity contribution >= 4 is 33.5 Å². The number of nitrogens with zero attached hydrogens (tertiary/aromatic N) is 4. The largest absolute Gasteiger partial charge is 0.464 e. The van der Waals surface area contributed by atoms with Crippen molar-refractivity contribution in [2.75, 3.05) is 24.6 Å². The summed E-state index contributed by atoms with van der Waals surface area (Å²) in [5.74, 6) is 0.328. The summed E-state index contributed by atoms with van der Waals surface area (Å²) in [7, 11) is 0. The van der Waals surface area contributed by atoms with Crippen LogP contribution in [0, 0.1) is 11.3 Å². The van der Waals surface area contributed by atoms with Crippen LogP contribution in [0.3, 0.4) is 0 Å². The maximum absolute atomic E-state index is 13.7. The van der Waals surface area contributed by atoms with Gasteiger partial charge in [-0.3, -0.25) is 14.2 Å². The number of thiophene rings is 1. The van der Waals surface area contributed by atoms with Gasteiger partial charge in [0.05, 0.1) is 30.3 Å². The van der Waals surface area contributed by atoms with E-state index in [0.717, 1.165) is 30.5 Å². The Bertz CT molecular complexity index is 1330. The van der Waals surface area contributed by atoms with E-state index in [1.165, 1.54) is 11.3 Å². The van der Waals surface area contributed by atoms with Gasteiger partial charge in [-0.25, -0.2) is 4.98 Å². The Hall–Kier alpha value is -3.26. The molecule has 10 heteroatoms. The van der Waals surface area contributed by atoms with Crippen LogP contribution in [0.15, 0.2) is 34.4 Å². The lowest BCUT2D eigenvalue weighted by atomic mass is 10.1. The zero-order valence-electron chi connectivity index (χ0n) is 18.7. The minimum atomic E-state index is -0.336. The van der Waals surface area contributed by atoms with Crippen molar-refractivity contribution in [3.63, 3.8) is 0 Å². The Labute approximate surface area is 200 Å². The normalized spacial score (nSPS) is 20.5. The van der Waals surface area contributed by atoms with Crippen molar-refractivity contribution in [3.8, 4) is 6.07 Å². The van der Waals surface area contributed by atoms with Crippen LogP contribution < -0.4 is 21.5 Å². The summed E-state index contributed by atoms with van der Waals surface area (Å²) >= 11 is 1.35. The number of ether oxygens (including phenoxy) is 1. The molecule has 3 N–H and O–H groups in total. The third-order valence-electron chi connectivity index (χ3n) is 6.41. The number of nitriles is 1. The van der Waals surface area contributed by atoms with Crippen LogP contribution >= 0.6 is 11.3 Å². The Morgan fingerprint density at radius 2 is 2.12 bits per heavy atom. The van der Waals surface area contributed by atoms with Gasteiger partial charge >= 0.3 is 5.97 Å².